The number of amides is 1. The number of aryl methyl sites for hydroxylation is 1. The summed E-state index contributed by atoms with van der Waals surface area (Å²) in [5, 5.41) is 11.7. The molecule has 45 heavy (non-hydrogen) atoms. The van der Waals surface area contributed by atoms with Crippen molar-refractivity contribution in [2.45, 2.75) is 38.8 Å². The summed E-state index contributed by atoms with van der Waals surface area (Å²) < 4.78 is 6.40. The van der Waals surface area contributed by atoms with Crippen molar-refractivity contribution < 1.29 is 14.6 Å². The highest BCUT2D eigenvalue weighted by atomic mass is 16.5. The quantitative estimate of drug-likeness (QED) is 0.275. The van der Waals surface area contributed by atoms with Crippen LogP contribution in [0.15, 0.2) is 48.6 Å². The molecule has 3 aliphatic rings. The molecule has 1 unspecified atom stereocenters. The average molecular weight is 610 g/mol. The van der Waals surface area contributed by atoms with Crippen LogP contribution in [0.5, 0.6) is 6.01 Å². The number of carbonyl (C=O) groups is 1. The molecule has 1 saturated heterocycles. The predicted octanol–water partition coefficient (Wildman–Crippen LogP) is 3.71. The second kappa shape index (κ2) is 13.0. The van der Waals surface area contributed by atoms with E-state index in [9.17, 15) is 4.79 Å². The highest BCUT2D eigenvalue weighted by Crippen LogP contribution is 2.46. The van der Waals surface area contributed by atoms with Crippen molar-refractivity contribution in [1.82, 2.24) is 19.8 Å². The summed E-state index contributed by atoms with van der Waals surface area (Å²) in [7, 11) is 4.20. The SMILES string of the molecule is [C-]#[N+]CC1CN(c2nc(OCC3(CN(C)C)CC3)nc3c2CCN(c2cccc4cccc(C)c24)C3)CCN1C(=O)/C=C/CO. The van der Waals surface area contributed by atoms with E-state index >= 15 is 0 Å². The molecule has 1 saturated carbocycles. The van der Waals surface area contributed by atoms with Gasteiger partial charge in [0.25, 0.3) is 0 Å². The molecule has 1 amide bonds. The Kier molecular flexibility index (Phi) is 8.92. The summed E-state index contributed by atoms with van der Waals surface area (Å²) in [5.74, 6) is 0.678. The van der Waals surface area contributed by atoms with Crippen molar-refractivity contribution in [1.29, 1.82) is 0 Å². The van der Waals surface area contributed by atoms with Gasteiger partial charge in [0.05, 0.1) is 25.5 Å². The van der Waals surface area contributed by atoms with E-state index in [-0.39, 0.29) is 30.5 Å². The molecule has 1 N–H and O–H groups in total. The lowest BCUT2D eigenvalue weighted by Crippen LogP contribution is -2.56. The summed E-state index contributed by atoms with van der Waals surface area (Å²) in [6.45, 7) is 14.3. The van der Waals surface area contributed by atoms with Crippen LogP contribution in [-0.4, -0.2) is 103 Å². The zero-order valence-electron chi connectivity index (χ0n) is 26.6. The summed E-state index contributed by atoms with van der Waals surface area (Å²) in [6, 6.07) is 13.1. The lowest BCUT2D eigenvalue weighted by Gasteiger charge is -2.41. The fourth-order valence-electron chi connectivity index (χ4n) is 6.95. The van der Waals surface area contributed by atoms with Crippen molar-refractivity contribution in [3.63, 3.8) is 0 Å². The van der Waals surface area contributed by atoms with Crippen LogP contribution in [0.3, 0.4) is 0 Å². The lowest BCUT2D eigenvalue weighted by atomic mass is 9.99. The van der Waals surface area contributed by atoms with Gasteiger partial charge in [-0.2, -0.15) is 9.97 Å². The van der Waals surface area contributed by atoms with Crippen LogP contribution in [0.25, 0.3) is 15.6 Å². The molecule has 1 aromatic heterocycles. The number of hydrogen-bond acceptors (Lipinski definition) is 8. The van der Waals surface area contributed by atoms with E-state index in [2.05, 4.69) is 77.0 Å². The number of fused-ring (bicyclic) bond motifs is 2. The zero-order chi connectivity index (χ0) is 31.6. The van der Waals surface area contributed by atoms with E-state index in [0.717, 1.165) is 49.4 Å². The van der Waals surface area contributed by atoms with Crippen molar-refractivity contribution in [3.05, 3.63) is 76.8 Å². The van der Waals surface area contributed by atoms with E-state index in [0.29, 0.717) is 38.8 Å². The first-order valence-corrected chi connectivity index (χ1v) is 15.9. The van der Waals surface area contributed by atoms with Crippen LogP contribution in [0, 0.1) is 18.9 Å². The van der Waals surface area contributed by atoms with Gasteiger partial charge in [-0.1, -0.05) is 36.4 Å². The van der Waals surface area contributed by atoms with Gasteiger partial charge in [0.1, 0.15) is 11.9 Å². The van der Waals surface area contributed by atoms with E-state index in [1.165, 1.54) is 34.2 Å². The molecular formula is C35H43N7O3. The molecule has 0 radical (unpaired) electrons. The molecule has 2 aliphatic heterocycles. The number of nitrogens with zero attached hydrogens (tertiary/aromatic N) is 7. The Labute approximate surface area is 265 Å². The Morgan fingerprint density at radius 1 is 1.16 bits per heavy atom. The number of piperazine rings is 1. The summed E-state index contributed by atoms with van der Waals surface area (Å²) in [4.78, 5) is 35.2. The maximum absolute atomic E-state index is 12.9. The van der Waals surface area contributed by atoms with Crippen LogP contribution in [0.2, 0.25) is 0 Å². The van der Waals surface area contributed by atoms with Crippen LogP contribution < -0.4 is 14.5 Å². The van der Waals surface area contributed by atoms with Crippen molar-refractivity contribution >= 4 is 28.2 Å². The average Bonchev–Trinajstić information content (AvgIpc) is 3.80. The number of aromatic nitrogens is 2. The normalized spacial score (nSPS) is 19.2. The largest absolute Gasteiger partial charge is 0.463 e. The molecule has 6 rings (SSSR count). The molecule has 1 aliphatic carbocycles. The minimum absolute atomic E-state index is 0.143. The Morgan fingerprint density at radius 2 is 1.96 bits per heavy atom. The van der Waals surface area contributed by atoms with E-state index < -0.39 is 0 Å². The van der Waals surface area contributed by atoms with Crippen LogP contribution in [0.4, 0.5) is 11.5 Å². The fourth-order valence-corrected chi connectivity index (χ4v) is 6.95. The Hall–Kier alpha value is -4.20. The van der Waals surface area contributed by atoms with Gasteiger partial charge >= 0.3 is 6.01 Å². The molecule has 10 heteroatoms. The van der Waals surface area contributed by atoms with Gasteiger partial charge in [-0.25, -0.2) is 6.57 Å². The molecular weight excluding hydrogens is 566 g/mol. The predicted molar refractivity (Wildman–Crippen MR) is 177 cm³/mol. The first-order valence-electron chi connectivity index (χ1n) is 15.9. The first-order chi connectivity index (χ1) is 21.8. The van der Waals surface area contributed by atoms with Crippen molar-refractivity contribution in [2.24, 2.45) is 5.41 Å². The van der Waals surface area contributed by atoms with Gasteiger partial charge in [0.2, 0.25) is 12.5 Å². The van der Waals surface area contributed by atoms with E-state index in [1.54, 1.807) is 4.90 Å². The fraction of sp³-hybridized carbons (Fsp3) is 0.486. The molecule has 1 atom stereocenters. The minimum Gasteiger partial charge on any atom is -0.463 e. The van der Waals surface area contributed by atoms with Crippen LogP contribution in [0.1, 0.15) is 29.7 Å². The molecule has 10 nitrogen and oxygen atoms in total. The molecule has 236 valence electrons. The van der Waals surface area contributed by atoms with Gasteiger partial charge in [-0.05, 0) is 57.3 Å². The lowest BCUT2D eigenvalue weighted by molar-refractivity contribution is -0.128. The monoisotopic (exact) mass is 609 g/mol. The van der Waals surface area contributed by atoms with Gasteiger partial charge in [-0.3, -0.25) is 4.79 Å². The highest BCUT2D eigenvalue weighted by Gasteiger charge is 2.44. The van der Waals surface area contributed by atoms with Gasteiger partial charge in [-0.15, -0.1) is 0 Å². The number of aliphatic hydroxyl groups excluding tert-OH is 1. The molecule has 3 aromatic rings. The smallest absolute Gasteiger partial charge is 0.318 e. The maximum Gasteiger partial charge on any atom is 0.318 e. The van der Waals surface area contributed by atoms with Crippen molar-refractivity contribution in [2.75, 3.05) is 76.4 Å². The zero-order valence-corrected chi connectivity index (χ0v) is 26.6. The van der Waals surface area contributed by atoms with Crippen LogP contribution >= 0.6 is 0 Å². The standard InChI is InChI=1S/C35H43N7O3/c1-25-8-5-9-26-10-6-11-30(32(25)26)40-16-13-28-29(22-40)37-34(45-24-35(14-15-35)23-39(3)4)38-33(28)41-17-18-42(27(21-41)20-36-2)31(44)12-7-19-43/h5-12,27,43H,13-24H2,1,3-4H3/b12-7+. The maximum atomic E-state index is 12.9. The molecule has 2 aromatic carbocycles. The second-order valence-corrected chi connectivity index (χ2v) is 13.0. The number of hydrogen-bond donors (Lipinski definition) is 1. The summed E-state index contributed by atoms with van der Waals surface area (Å²) in [5.41, 5.74) is 4.69. The number of aliphatic hydroxyl groups is 1. The van der Waals surface area contributed by atoms with Gasteiger partial charge in [0, 0.05) is 60.9 Å². The Morgan fingerprint density at radius 3 is 2.69 bits per heavy atom. The topological polar surface area (TPSA) is 89.6 Å². The number of benzene rings is 2. The van der Waals surface area contributed by atoms with Crippen molar-refractivity contribution in [3.8, 4) is 6.01 Å². The van der Waals surface area contributed by atoms with Crippen LogP contribution in [-0.2, 0) is 17.8 Å². The summed E-state index contributed by atoms with van der Waals surface area (Å²) in [6.07, 6.45) is 5.90. The molecule has 0 bridgehead atoms. The number of rotatable bonds is 10. The number of carbonyl (C=O) groups excluding carboxylic acids is 1. The minimum atomic E-state index is -0.282. The van der Waals surface area contributed by atoms with Gasteiger partial charge in [0.15, 0.2) is 0 Å². The molecule has 2 fully saturated rings. The van der Waals surface area contributed by atoms with E-state index in [4.69, 9.17) is 26.4 Å². The number of anilines is 2. The Balaban J connectivity index is 1.32. The van der Waals surface area contributed by atoms with Gasteiger partial charge < -0.3 is 34.3 Å². The summed E-state index contributed by atoms with van der Waals surface area (Å²) >= 11 is 0. The third kappa shape index (κ3) is 6.60. The second-order valence-electron chi connectivity index (χ2n) is 13.0. The first kappa shape index (κ1) is 30.8. The Bertz CT molecular complexity index is 1620. The third-order valence-corrected chi connectivity index (χ3v) is 9.30. The third-order valence-electron chi connectivity index (χ3n) is 9.30. The molecule has 3 heterocycles. The van der Waals surface area contributed by atoms with E-state index in [1.807, 2.05) is 0 Å². The molecule has 0 spiro atoms. The highest BCUT2D eigenvalue weighted by molar-refractivity contribution is 5.97. The number of ether oxygens (including phenoxy) is 1.